The molecule has 2 aliphatic heterocycles. The van der Waals surface area contributed by atoms with Crippen LogP contribution in [0.2, 0.25) is 0 Å². The molecule has 1 amide bonds. The van der Waals surface area contributed by atoms with Crippen LogP contribution >= 0.6 is 11.3 Å². The zero-order chi connectivity index (χ0) is 25.5. The SMILES string of the molecule is O=C1CCCN1c1cc(N2CCOCC2)cn2c(=O)c(O)c(-c3ncc(Cc4ccc(F)cc4)s3)nc12. The smallest absolute Gasteiger partial charge is 0.300 e. The first kappa shape index (κ1) is 23.6. The summed E-state index contributed by atoms with van der Waals surface area (Å²) in [6.07, 6.45) is 5.01. The number of carbonyl (C=O) groups is 1. The van der Waals surface area contributed by atoms with Crippen molar-refractivity contribution in [2.75, 3.05) is 42.6 Å². The Morgan fingerprint density at radius 2 is 1.89 bits per heavy atom. The van der Waals surface area contributed by atoms with E-state index in [-0.39, 0.29) is 17.4 Å². The molecule has 4 aromatic rings. The lowest BCUT2D eigenvalue weighted by molar-refractivity contribution is -0.117. The highest BCUT2D eigenvalue weighted by molar-refractivity contribution is 7.15. The fraction of sp³-hybridized carbons (Fsp3) is 0.308. The number of fused-ring (bicyclic) bond motifs is 1. The molecule has 6 rings (SSSR count). The summed E-state index contributed by atoms with van der Waals surface area (Å²) < 4.78 is 20.0. The molecule has 2 fully saturated rings. The first-order valence-electron chi connectivity index (χ1n) is 12.1. The van der Waals surface area contributed by atoms with Crippen LogP contribution in [0.5, 0.6) is 5.75 Å². The number of pyridine rings is 1. The van der Waals surface area contributed by atoms with Gasteiger partial charge in [-0.1, -0.05) is 12.1 Å². The van der Waals surface area contributed by atoms with Gasteiger partial charge in [-0.15, -0.1) is 11.3 Å². The number of amides is 1. The largest absolute Gasteiger partial charge is 0.501 e. The highest BCUT2D eigenvalue weighted by atomic mass is 32.1. The van der Waals surface area contributed by atoms with Crippen molar-refractivity contribution in [3.05, 3.63) is 69.3 Å². The summed E-state index contributed by atoms with van der Waals surface area (Å²) in [6, 6.07) is 8.11. The van der Waals surface area contributed by atoms with Crippen molar-refractivity contribution in [2.24, 2.45) is 0 Å². The van der Waals surface area contributed by atoms with Crippen LogP contribution in [0.25, 0.3) is 16.3 Å². The molecule has 1 aromatic carbocycles. The Hall–Kier alpha value is -3.83. The predicted molar refractivity (Wildman–Crippen MR) is 138 cm³/mol. The minimum atomic E-state index is -0.627. The number of hydrogen-bond acceptors (Lipinski definition) is 8. The van der Waals surface area contributed by atoms with E-state index in [2.05, 4.69) is 14.9 Å². The van der Waals surface area contributed by atoms with Crippen molar-refractivity contribution in [2.45, 2.75) is 19.3 Å². The molecular weight excluding hydrogens is 497 g/mol. The molecule has 5 heterocycles. The number of benzene rings is 1. The molecule has 3 aromatic heterocycles. The molecule has 11 heteroatoms. The molecule has 1 N–H and O–H groups in total. The Balaban J connectivity index is 1.45. The van der Waals surface area contributed by atoms with Crippen LogP contribution in [0.4, 0.5) is 15.8 Å². The number of thiazole rings is 1. The Labute approximate surface area is 215 Å². The topological polar surface area (TPSA) is 100 Å². The van der Waals surface area contributed by atoms with Gasteiger partial charge in [0.1, 0.15) is 16.5 Å². The summed E-state index contributed by atoms with van der Waals surface area (Å²) in [4.78, 5) is 39.8. The first-order chi connectivity index (χ1) is 18.0. The molecule has 0 bridgehead atoms. The number of anilines is 2. The number of carbonyl (C=O) groups excluding carboxylic acids is 1. The van der Waals surface area contributed by atoms with Gasteiger partial charge in [-0.05, 0) is 30.2 Å². The fourth-order valence-electron chi connectivity index (χ4n) is 4.75. The summed E-state index contributed by atoms with van der Waals surface area (Å²) >= 11 is 1.30. The van der Waals surface area contributed by atoms with Gasteiger partial charge in [0.2, 0.25) is 11.7 Å². The standard InChI is InChI=1S/C26H24FN5O4S/c27-17-5-3-16(4-6-17)12-19-14-28-25(37-19)22-23(34)26(35)32-15-18(30-8-10-36-11-9-30)13-20(24(32)29-22)31-7-1-2-21(31)33/h3-6,13-15,34H,1-2,7-12H2. The number of aromatic hydroxyl groups is 1. The summed E-state index contributed by atoms with van der Waals surface area (Å²) in [7, 11) is 0. The number of nitrogens with zero attached hydrogens (tertiary/aromatic N) is 5. The van der Waals surface area contributed by atoms with Gasteiger partial charge in [-0.25, -0.2) is 14.4 Å². The third kappa shape index (κ3) is 4.44. The zero-order valence-corrected chi connectivity index (χ0v) is 20.7. The molecule has 37 heavy (non-hydrogen) atoms. The van der Waals surface area contributed by atoms with Crippen LogP contribution in [0.15, 0.2) is 47.5 Å². The average molecular weight is 522 g/mol. The maximum atomic E-state index is 13.4. The predicted octanol–water partition coefficient (Wildman–Crippen LogP) is 3.22. The van der Waals surface area contributed by atoms with E-state index in [1.54, 1.807) is 29.4 Å². The second-order valence-corrected chi connectivity index (χ2v) is 10.2. The molecule has 0 saturated carbocycles. The quantitative estimate of drug-likeness (QED) is 0.431. The van der Waals surface area contributed by atoms with Crippen LogP contribution in [0, 0.1) is 5.82 Å². The van der Waals surface area contributed by atoms with Crippen molar-refractivity contribution in [3.8, 4) is 16.5 Å². The van der Waals surface area contributed by atoms with E-state index in [1.165, 1.54) is 27.9 Å². The van der Waals surface area contributed by atoms with E-state index >= 15 is 0 Å². The lowest BCUT2D eigenvalue weighted by Gasteiger charge is -2.30. The van der Waals surface area contributed by atoms with E-state index < -0.39 is 11.3 Å². The van der Waals surface area contributed by atoms with Crippen molar-refractivity contribution in [3.63, 3.8) is 0 Å². The fourth-order valence-corrected chi connectivity index (χ4v) is 5.68. The third-order valence-electron chi connectivity index (χ3n) is 6.65. The maximum Gasteiger partial charge on any atom is 0.300 e. The summed E-state index contributed by atoms with van der Waals surface area (Å²) in [5, 5.41) is 11.3. The average Bonchev–Trinajstić information content (AvgIpc) is 3.56. The lowest BCUT2D eigenvalue weighted by Crippen LogP contribution is -2.37. The molecule has 2 saturated heterocycles. The molecular formula is C26H24FN5O4S. The normalized spacial score (nSPS) is 16.2. The van der Waals surface area contributed by atoms with Crippen molar-refractivity contribution >= 4 is 34.3 Å². The number of rotatable bonds is 5. The van der Waals surface area contributed by atoms with E-state index in [4.69, 9.17) is 4.74 Å². The van der Waals surface area contributed by atoms with E-state index in [0.717, 1.165) is 22.5 Å². The van der Waals surface area contributed by atoms with Gasteiger partial charge in [0.15, 0.2) is 5.65 Å². The first-order valence-corrected chi connectivity index (χ1v) is 12.9. The minimum Gasteiger partial charge on any atom is -0.501 e. The number of aromatic nitrogens is 3. The Morgan fingerprint density at radius 1 is 1.11 bits per heavy atom. The summed E-state index contributed by atoms with van der Waals surface area (Å²) in [5.74, 6) is -0.831. The Kier molecular flexibility index (Phi) is 6.09. The maximum absolute atomic E-state index is 13.4. The van der Waals surface area contributed by atoms with E-state index in [0.29, 0.717) is 62.0 Å². The van der Waals surface area contributed by atoms with Gasteiger partial charge in [0.05, 0.1) is 24.6 Å². The molecule has 2 aliphatic rings. The van der Waals surface area contributed by atoms with Gasteiger partial charge in [-0.2, -0.15) is 0 Å². The highest BCUT2D eigenvalue weighted by Gasteiger charge is 2.28. The zero-order valence-electron chi connectivity index (χ0n) is 19.9. The number of hydrogen-bond donors (Lipinski definition) is 1. The van der Waals surface area contributed by atoms with Crippen LogP contribution < -0.4 is 15.4 Å². The van der Waals surface area contributed by atoms with Crippen molar-refractivity contribution in [1.29, 1.82) is 0 Å². The number of ether oxygens (including phenoxy) is 1. The molecule has 0 aliphatic carbocycles. The second kappa shape index (κ2) is 9.56. The van der Waals surface area contributed by atoms with Crippen molar-refractivity contribution < 1.29 is 19.0 Å². The Morgan fingerprint density at radius 3 is 2.62 bits per heavy atom. The molecule has 190 valence electrons. The number of halogens is 1. The van der Waals surface area contributed by atoms with Crippen LogP contribution in [-0.2, 0) is 16.0 Å². The van der Waals surface area contributed by atoms with Gasteiger partial charge in [0, 0.05) is 49.7 Å². The second-order valence-electron chi connectivity index (χ2n) is 9.07. The van der Waals surface area contributed by atoms with Gasteiger partial charge in [-0.3, -0.25) is 14.0 Å². The summed E-state index contributed by atoms with van der Waals surface area (Å²) in [5.41, 5.74) is 1.95. The molecule has 0 unspecified atom stereocenters. The van der Waals surface area contributed by atoms with Gasteiger partial charge in [0.25, 0.3) is 0 Å². The van der Waals surface area contributed by atoms with Gasteiger partial charge < -0.3 is 19.6 Å². The van der Waals surface area contributed by atoms with Gasteiger partial charge >= 0.3 is 5.56 Å². The van der Waals surface area contributed by atoms with Crippen molar-refractivity contribution in [1.82, 2.24) is 14.4 Å². The van der Waals surface area contributed by atoms with E-state index in [1.807, 2.05) is 6.07 Å². The highest BCUT2D eigenvalue weighted by Crippen LogP contribution is 2.34. The molecule has 0 spiro atoms. The van der Waals surface area contributed by atoms with Crippen LogP contribution in [0.3, 0.4) is 0 Å². The van der Waals surface area contributed by atoms with Crippen LogP contribution in [0.1, 0.15) is 23.3 Å². The lowest BCUT2D eigenvalue weighted by atomic mass is 10.1. The minimum absolute atomic E-state index is 0.0271. The van der Waals surface area contributed by atoms with E-state index in [9.17, 15) is 19.1 Å². The summed E-state index contributed by atoms with van der Waals surface area (Å²) in [6.45, 7) is 2.98. The Bertz CT molecular complexity index is 1550. The van der Waals surface area contributed by atoms with Crippen LogP contribution in [-0.4, -0.2) is 58.2 Å². The number of morpholine rings is 1. The molecule has 9 nitrogen and oxygen atoms in total. The molecule has 0 radical (unpaired) electrons. The third-order valence-corrected chi connectivity index (χ3v) is 7.66. The molecule has 0 atom stereocenters. The monoisotopic (exact) mass is 521 g/mol.